The summed E-state index contributed by atoms with van der Waals surface area (Å²) in [5.74, 6) is 3.48. The van der Waals surface area contributed by atoms with Crippen LogP contribution in [0.1, 0.15) is 131 Å². The molecule has 2 saturated heterocycles. The van der Waals surface area contributed by atoms with Gasteiger partial charge in [0.05, 0.1) is 18.6 Å². The molecule has 1 aromatic carbocycles. The molecule has 4 saturated carbocycles. The molecule has 0 spiro atoms. The first kappa shape index (κ1) is 38.3. The van der Waals surface area contributed by atoms with Crippen molar-refractivity contribution >= 4 is 5.97 Å². The number of ether oxygens (including phenoxy) is 2. The molecule has 0 amide bonds. The van der Waals surface area contributed by atoms with E-state index >= 15 is 0 Å². The lowest BCUT2D eigenvalue weighted by Crippen LogP contribution is -2.68. The maximum absolute atomic E-state index is 13.1. The Morgan fingerprint density at radius 2 is 1.76 bits per heavy atom. The van der Waals surface area contributed by atoms with E-state index in [1.165, 1.54) is 81.9 Å². The van der Waals surface area contributed by atoms with E-state index in [-0.39, 0.29) is 22.8 Å². The second kappa shape index (κ2) is 14.0. The van der Waals surface area contributed by atoms with E-state index in [0.717, 1.165) is 56.4 Å². The van der Waals surface area contributed by atoms with Crippen LogP contribution in [0.25, 0.3) is 0 Å². The molecule has 12 atom stereocenters. The maximum atomic E-state index is 13.1. The molecule has 1 N–H and O–H groups in total. The van der Waals surface area contributed by atoms with Crippen LogP contribution in [0.4, 0.5) is 0 Å². The highest BCUT2D eigenvalue weighted by atomic mass is 16.5. The van der Waals surface area contributed by atoms with Crippen molar-refractivity contribution in [1.82, 2.24) is 10.2 Å². The van der Waals surface area contributed by atoms with Crippen molar-refractivity contribution in [1.29, 1.82) is 0 Å². The molecule has 2 bridgehead atoms. The Morgan fingerprint density at radius 1 is 0.945 bits per heavy atom. The standard InChI is InChI=1S/C50H72N2O3/c1-33(2)39-19-24-50(51-27-28-52-30-38-29-37(52)32-54-38)26-25-48(6)41(44(39)50)17-18-43-47(5)22-20-40(46(3,4)42(47)21-23-49(43,48)7)35-13-15-36(16-14-35)45(53)55-31-34-11-9-8-10-12-34/h8-13,20,36-39,41-44,51H,1,14-19,21-32H2,2-7H3/t36-,37-,38-,39-,41+,42-,43+,44+,47-,48+,49+,50-/m0/s1. The van der Waals surface area contributed by atoms with Gasteiger partial charge < -0.3 is 14.8 Å². The van der Waals surface area contributed by atoms with Gasteiger partial charge in [-0.25, -0.2) is 0 Å². The van der Waals surface area contributed by atoms with Gasteiger partial charge in [-0.15, -0.1) is 0 Å². The van der Waals surface area contributed by atoms with Gasteiger partial charge in [-0.3, -0.25) is 9.69 Å². The number of allylic oxidation sites excluding steroid dienone is 5. The van der Waals surface area contributed by atoms with Crippen molar-refractivity contribution in [3.63, 3.8) is 0 Å². The third-order valence-corrected chi connectivity index (χ3v) is 18.8. The van der Waals surface area contributed by atoms with Crippen molar-refractivity contribution in [2.75, 3.05) is 26.2 Å². The minimum absolute atomic E-state index is 0.0274. The summed E-state index contributed by atoms with van der Waals surface area (Å²) in [5.41, 5.74) is 7.00. The average Bonchev–Trinajstić information content (AvgIpc) is 3.90. The van der Waals surface area contributed by atoms with E-state index < -0.39 is 0 Å². The maximum Gasteiger partial charge on any atom is 0.309 e. The molecule has 0 radical (unpaired) electrons. The predicted octanol–water partition coefficient (Wildman–Crippen LogP) is 10.5. The number of morpholine rings is 1. The number of likely N-dealkylation sites (tertiary alicyclic amines) is 1. The molecule has 0 unspecified atom stereocenters. The van der Waals surface area contributed by atoms with Crippen LogP contribution < -0.4 is 5.32 Å². The molecule has 55 heavy (non-hydrogen) atoms. The van der Waals surface area contributed by atoms with E-state index in [1.54, 1.807) is 5.57 Å². The van der Waals surface area contributed by atoms with Gasteiger partial charge in [0.25, 0.3) is 0 Å². The summed E-state index contributed by atoms with van der Waals surface area (Å²) in [4.78, 5) is 15.8. The summed E-state index contributed by atoms with van der Waals surface area (Å²) in [7, 11) is 0. The highest BCUT2D eigenvalue weighted by Crippen LogP contribution is 2.76. The molecule has 2 heterocycles. The summed E-state index contributed by atoms with van der Waals surface area (Å²) >= 11 is 0. The van der Waals surface area contributed by atoms with Gasteiger partial charge in [0.1, 0.15) is 6.61 Å². The molecule has 1 aromatic rings. The molecule has 2 aliphatic heterocycles. The van der Waals surface area contributed by atoms with Gasteiger partial charge in [0.15, 0.2) is 0 Å². The molecule has 9 rings (SSSR count). The molecule has 6 fully saturated rings. The van der Waals surface area contributed by atoms with Crippen LogP contribution in [0, 0.1) is 57.2 Å². The minimum Gasteiger partial charge on any atom is -0.461 e. The van der Waals surface area contributed by atoms with Gasteiger partial charge in [-0.05, 0) is 158 Å². The summed E-state index contributed by atoms with van der Waals surface area (Å²) < 4.78 is 11.7. The zero-order chi connectivity index (χ0) is 38.4. The quantitative estimate of drug-likeness (QED) is 0.201. The summed E-state index contributed by atoms with van der Waals surface area (Å²) in [6, 6.07) is 10.7. The van der Waals surface area contributed by atoms with Crippen molar-refractivity contribution in [2.24, 2.45) is 57.2 Å². The Morgan fingerprint density at radius 3 is 2.47 bits per heavy atom. The molecule has 8 aliphatic rings. The van der Waals surface area contributed by atoms with Crippen LogP contribution in [0.5, 0.6) is 0 Å². The molecule has 5 nitrogen and oxygen atoms in total. The highest BCUT2D eigenvalue weighted by molar-refractivity contribution is 5.73. The number of fused-ring (bicyclic) bond motifs is 9. The fourth-order valence-electron chi connectivity index (χ4n) is 15.9. The lowest BCUT2D eigenvalue weighted by atomic mass is 9.33. The third-order valence-electron chi connectivity index (χ3n) is 18.8. The van der Waals surface area contributed by atoms with Crippen LogP contribution in [0.3, 0.4) is 0 Å². The van der Waals surface area contributed by atoms with Gasteiger partial charge in [0.2, 0.25) is 0 Å². The van der Waals surface area contributed by atoms with Crippen LogP contribution in [-0.4, -0.2) is 54.8 Å². The molecular weight excluding hydrogens is 677 g/mol. The van der Waals surface area contributed by atoms with Crippen LogP contribution in [-0.2, 0) is 20.9 Å². The molecular formula is C50H72N2O3. The van der Waals surface area contributed by atoms with E-state index in [4.69, 9.17) is 9.47 Å². The van der Waals surface area contributed by atoms with Crippen LogP contribution in [0.15, 0.2) is 65.8 Å². The normalized spacial score (nSPS) is 44.4. The molecule has 300 valence electrons. The zero-order valence-electron chi connectivity index (χ0n) is 35.3. The summed E-state index contributed by atoms with van der Waals surface area (Å²) in [5, 5.41) is 4.36. The first-order valence-corrected chi connectivity index (χ1v) is 22.7. The highest BCUT2D eigenvalue weighted by Gasteiger charge is 2.70. The second-order valence-corrected chi connectivity index (χ2v) is 21.4. The summed E-state index contributed by atoms with van der Waals surface area (Å²) in [6.45, 7) is 25.2. The third kappa shape index (κ3) is 6.04. The predicted molar refractivity (Wildman–Crippen MR) is 222 cm³/mol. The van der Waals surface area contributed by atoms with Crippen molar-refractivity contribution < 1.29 is 14.3 Å². The van der Waals surface area contributed by atoms with Crippen molar-refractivity contribution in [3.8, 4) is 0 Å². The number of hydrogen-bond donors (Lipinski definition) is 1. The van der Waals surface area contributed by atoms with Gasteiger partial charge in [0, 0.05) is 31.2 Å². The number of esters is 1. The van der Waals surface area contributed by atoms with E-state index in [0.29, 0.717) is 52.8 Å². The molecule has 0 aromatic heterocycles. The van der Waals surface area contributed by atoms with Crippen LogP contribution in [0.2, 0.25) is 0 Å². The molecule has 6 aliphatic carbocycles. The topological polar surface area (TPSA) is 50.8 Å². The van der Waals surface area contributed by atoms with Crippen molar-refractivity contribution in [3.05, 3.63) is 71.3 Å². The Balaban J connectivity index is 0.914. The lowest BCUT2D eigenvalue weighted by molar-refractivity contribution is -0.221. The Labute approximate surface area is 333 Å². The van der Waals surface area contributed by atoms with E-state index in [1.807, 2.05) is 30.3 Å². The Bertz CT molecular complexity index is 1710. The Kier molecular flexibility index (Phi) is 9.73. The number of nitrogens with one attached hydrogen (secondary N) is 1. The zero-order valence-corrected chi connectivity index (χ0v) is 35.3. The lowest BCUT2D eigenvalue weighted by Gasteiger charge is -2.72. The first-order chi connectivity index (χ1) is 26.3. The number of rotatable bonds is 9. The number of benzene rings is 1. The second-order valence-electron chi connectivity index (χ2n) is 21.4. The van der Waals surface area contributed by atoms with Crippen molar-refractivity contribution in [2.45, 2.75) is 149 Å². The Hall–Kier alpha value is -2.21. The first-order valence-electron chi connectivity index (χ1n) is 22.7. The SMILES string of the molecule is C=C(C)[C@@H]1CC[C@]2(NCCN3C[C@@H]4C[C@H]3CO4)CC[C@]3(C)[C@H](CC[C@@H]4[C@@]5(C)CC=C(C6=CC[C@H](C(=O)OCc7ccccc7)CC6)C(C)(C)[C@@H]5CC[C@]43C)[C@@H]12. The number of carbonyl (C=O) groups is 1. The monoisotopic (exact) mass is 749 g/mol. The average molecular weight is 749 g/mol. The van der Waals surface area contributed by atoms with Gasteiger partial charge in [-0.1, -0.05) is 89.3 Å². The minimum atomic E-state index is -0.0357. The fourth-order valence-corrected chi connectivity index (χ4v) is 15.9. The molecule has 5 heteroatoms. The van der Waals surface area contributed by atoms with Gasteiger partial charge in [-0.2, -0.15) is 0 Å². The smallest absolute Gasteiger partial charge is 0.309 e. The van der Waals surface area contributed by atoms with E-state index in [2.05, 4.69) is 70.5 Å². The van der Waals surface area contributed by atoms with E-state index in [9.17, 15) is 4.79 Å². The van der Waals surface area contributed by atoms with Gasteiger partial charge >= 0.3 is 5.97 Å². The summed E-state index contributed by atoms with van der Waals surface area (Å²) in [6.07, 6.45) is 21.5. The number of carbonyl (C=O) groups excluding carboxylic acids is 1. The fraction of sp³-hybridized carbons (Fsp3) is 0.740. The number of hydrogen-bond acceptors (Lipinski definition) is 5. The van der Waals surface area contributed by atoms with Crippen LogP contribution >= 0.6 is 0 Å². The number of nitrogens with zero attached hydrogens (tertiary/aromatic N) is 1. The largest absolute Gasteiger partial charge is 0.461 e.